The number of aryl methyl sites for hydroxylation is 3. The first-order chi connectivity index (χ1) is 28.0. The molecule has 0 aliphatic carbocycles. The SMILES string of the molecule is Cc1cc(C(C)(C)C)cc(C)c1N1c2cc3c(cc2B2c4c1cc(C(C)C)cc4N(c1c(C)cc4c(c1C)OCCO4)c1oc4ccc(C(C)(C)C)cc4c12)OCCO3. The molecule has 0 atom stereocenters. The number of nitrogens with zero attached hydrogens (tertiary/aromatic N) is 2. The van der Waals surface area contributed by atoms with E-state index < -0.39 is 0 Å². The molecule has 10 rings (SSSR count). The molecule has 7 nitrogen and oxygen atoms in total. The summed E-state index contributed by atoms with van der Waals surface area (Å²) < 4.78 is 32.6. The van der Waals surface area contributed by atoms with Crippen molar-refractivity contribution >= 4 is 68.4 Å². The Morgan fingerprint density at radius 1 is 0.576 bits per heavy atom. The molecule has 0 unspecified atom stereocenters. The van der Waals surface area contributed by atoms with Gasteiger partial charge in [-0.1, -0.05) is 73.6 Å². The highest BCUT2D eigenvalue weighted by Crippen LogP contribution is 2.53. The van der Waals surface area contributed by atoms with Gasteiger partial charge in [0.1, 0.15) is 32.0 Å². The van der Waals surface area contributed by atoms with E-state index in [1.807, 2.05) is 0 Å². The molecule has 8 heteroatoms. The first kappa shape index (κ1) is 37.8. The lowest BCUT2D eigenvalue weighted by Gasteiger charge is -2.44. The molecule has 6 aromatic rings. The molecule has 59 heavy (non-hydrogen) atoms. The molecule has 0 saturated carbocycles. The van der Waals surface area contributed by atoms with Crippen LogP contribution in [0.5, 0.6) is 23.0 Å². The predicted octanol–water partition coefficient (Wildman–Crippen LogP) is 11.0. The number of furan rings is 1. The van der Waals surface area contributed by atoms with Crippen LogP contribution in [-0.2, 0) is 10.8 Å². The van der Waals surface area contributed by atoms with E-state index in [2.05, 4.69) is 154 Å². The standard InChI is InChI=1S/C51H55BN2O5/c1-27(2)32-22-38-45-39(23-32)54(47-30(5)21-43-48(31(47)6)58-18-17-57-43)49-44(35-24-33(50(7,8)9)13-14-40(35)59-49)52(45)36-25-41-42(56-16-15-55-41)26-37(36)53(38)46-28(3)19-34(20-29(46)4)51(10,11)12/h13-14,19-27H,15-18H2,1-12H3. The second-order valence-electron chi connectivity index (χ2n) is 19.5. The number of hydrogen-bond acceptors (Lipinski definition) is 7. The van der Waals surface area contributed by atoms with Crippen LogP contribution in [0.15, 0.2) is 65.1 Å². The van der Waals surface area contributed by atoms with Crippen LogP contribution in [-0.4, -0.2) is 33.1 Å². The van der Waals surface area contributed by atoms with Gasteiger partial charge < -0.3 is 28.3 Å². The van der Waals surface area contributed by atoms with E-state index in [0.29, 0.717) is 26.4 Å². The van der Waals surface area contributed by atoms with Gasteiger partial charge in [0.05, 0.1) is 11.4 Å². The zero-order valence-electron chi connectivity index (χ0n) is 36.7. The van der Waals surface area contributed by atoms with Gasteiger partial charge in [0.25, 0.3) is 6.71 Å². The van der Waals surface area contributed by atoms with Crippen molar-refractivity contribution in [1.29, 1.82) is 0 Å². The summed E-state index contributed by atoms with van der Waals surface area (Å²) in [5.74, 6) is 4.22. The van der Waals surface area contributed by atoms with Crippen molar-refractivity contribution < 1.29 is 23.4 Å². The Labute approximate surface area is 349 Å². The van der Waals surface area contributed by atoms with Crippen LogP contribution >= 0.6 is 0 Å². The maximum Gasteiger partial charge on any atom is 0.257 e. The molecular weight excluding hydrogens is 731 g/mol. The van der Waals surface area contributed by atoms with E-state index in [-0.39, 0.29) is 23.5 Å². The largest absolute Gasteiger partial charge is 0.486 e. The summed E-state index contributed by atoms with van der Waals surface area (Å²) in [7, 11) is 0. The Morgan fingerprint density at radius 2 is 1.17 bits per heavy atom. The smallest absolute Gasteiger partial charge is 0.257 e. The molecule has 5 heterocycles. The first-order valence-electron chi connectivity index (χ1n) is 21.3. The molecule has 0 fully saturated rings. The summed E-state index contributed by atoms with van der Waals surface area (Å²) in [6.07, 6.45) is 0. The van der Waals surface area contributed by atoms with Crippen LogP contribution in [0.3, 0.4) is 0 Å². The van der Waals surface area contributed by atoms with Gasteiger partial charge in [-0.3, -0.25) is 4.90 Å². The van der Waals surface area contributed by atoms with E-state index in [0.717, 1.165) is 73.5 Å². The molecule has 0 N–H and O–H groups in total. The third-order valence-corrected chi connectivity index (χ3v) is 12.9. The average molecular weight is 787 g/mol. The van der Waals surface area contributed by atoms with Gasteiger partial charge in [-0.15, -0.1) is 0 Å². The highest BCUT2D eigenvalue weighted by atomic mass is 16.6. The minimum Gasteiger partial charge on any atom is -0.486 e. The van der Waals surface area contributed by atoms with Crippen LogP contribution in [0.25, 0.3) is 11.0 Å². The number of anilines is 6. The fourth-order valence-corrected chi connectivity index (χ4v) is 9.92. The van der Waals surface area contributed by atoms with Gasteiger partial charge in [-0.25, -0.2) is 0 Å². The fourth-order valence-electron chi connectivity index (χ4n) is 9.92. The molecule has 0 bridgehead atoms. The number of ether oxygens (including phenoxy) is 4. The van der Waals surface area contributed by atoms with Gasteiger partial charge in [-0.05, 0) is 125 Å². The third-order valence-electron chi connectivity index (χ3n) is 12.9. The Balaban J connectivity index is 1.37. The lowest BCUT2D eigenvalue weighted by atomic mass is 9.33. The highest BCUT2D eigenvalue weighted by molar-refractivity contribution is 7.01. The van der Waals surface area contributed by atoms with Crippen molar-refractivity contribution in [2.24, 2.45) is 0 Å². The molecule has 0 radical (unpaired) electrons. The predicted molar refractivity (Wildman–Crippen MR) is 243 cm³/mol. The van der Waals surface area contributed by atoms with Crippen LogP contribution in [0, 0.1) is 27.7 Å². The number of rotatable bonds is 3. The van der Waals surface area contributed by atoms with Crippen molar-refractivity contribution in [2.45, 2.75) is 99.8 Å². The third kappa shape index (κ3) is 5.68. The van der Waals surface area contributed by atoms with Crippen LogP contribution < -0.4 is 45.1 Å². The monoisotopic (exact) mass is 786 g/mol. The number of hydrogen-bond donors (Lipinski definition) is 0. The molecule has 302 valence electrons. The van der Waals surface area contributed by atoms with Crippen molar-refractivity contribution in [3.8, 4) is 23.0 Å². The Bertz CT molecular complexity index is 2730. The number of fused-ring (bicyclic) bond motifs is 8. The fraction of sp³-hybridized carbons (Fsp3) is 0.373. The minimum atomic E-state index is -0.168. The molecule has 4 aliphatic heterocycles. The Morgan fingerprint density at radius 3 is 1.81 bits per heavy atom. The summed E-state index contributed by atoms with van der Waals surface area (Å²) in [6, 6.07) is 23.0. The second-order valence-corrected chi connectivity index (χ2v) is 19.5. The van der Waals surface area contributed by atoms with E-state index in [4.69, 9.17) is 23.4 Å². The maximum absolute atomic E-state index is 7.24. The molecule has 4 aliphatic rings. The lowest BCUT2D eigenvalue weighted by Crippen LogP contribution is -2.61. The molecule has 0 saturated heterocycles. The summed E-state index contributed by atoms with van der Waals surface area (Å²) >= 11 is 0. The average Bonchev–Trinajstić information content (AvgIpc) is 3.56. The molecule has 1 aromatic heterocycles. The van der Waals surface area contributed by atoms with Crippen molar-refractivity contribution in [3.05, 3.63) is 99.6 Å². The molecular formula is C51H55BN2O5. The summed E-state index contributed by atoms with van der Waals surface area (Å²) in [4.78, 5) is 4.93. The topological polar surface area (TPSA) is 56.5 Å². The highest BCUT2D eigenvalue weighted by Gasteiger charge is 2.48. The van der Waals surface area contributed by atoms with E-state index in [1.165, 1.54) is 50.1 Å². The van der Waals surface area contributed by atoms with Gasteiger partial charge in [0.2, 0.25) is 5.88 Å². The molecule has 5 aromatic carbocycles. The summed E-state index contributed by atoms with van der Waals surface area (Å²) in [6.45, 7) is 29.1. The van der Waals surface area contributed by atoms with Crippen molar-refractivity contribution in [3.63, 3.8) is 0 Å². The first-order valence-corrected chi connectivity index (χ1v) is 21.3. The van der Waals surface area contributed by atoms with E-state index >= 15 is 0 Å². The Kier molecular flexibility index (Phi) is 8.32. The lowest BCUT2D eigenvalue weighted by molar-refractivity contribution is 0.170. The maximum atomic E-state index is 7.24. The number of benzene rings is 5. The summed E-state index contributed by atoms with van der Waals surface area (Å²) in [5, 5.41) is 1.12. The van der Waals surface area contributed by atoms with Crippen LogP contribution in [0.1, 0.15) is 100 Å². The van der Waals surface area contributed by atoms with Crippen molar-refractivity contribution in [1.82, 2.24) is 0 Å². The van der Waals surface area contributed by atoms with E-state index in [9.17, 15) is 0 Å². The normalized spacial score (nSPS) is 15.4. The van der Waals surface area contributed by atoms with Crippen molar-refractivity contribution in [2.75, 3.05) is 36.2 Å². The zero-order chi connectivity index (χ0) is 41.4. The van der Waals surface area contributed by atoms with Crippen LogP contribution in [0.4, 0.5) is 34.3 Å². The van der Waals surface area contributed by atoms with E-state index in [1.54, 1.807) is 0 Å². The molecule has 0 spiro atoms. The Hall–Kier alpha value is -5.50. The summed E-state index contributed by atoms with van der Waals surface area (Å²) in [5.41, 5.74) is 18.4. The second kappa shape index (κ2) is 13.0. The minimum absolute atomic E-state index is 0.00439. The van der Waals surface area contributed by atoms with Gasteiger partial charge >= 0.3 is 0 Å². The zero-order valence-corrected chi connectivity index (χ0v) is 36.7. The quantitative estimate of drug-likeness (QED) is 0.165. The van der Waals surface area contributed by atoms with Gasteiger partial charge in [-0.2, -0.15) is 0 Å². The van der Waals surface area contributed by atoms with Gasteiger partial charge in [0.15, 0.2) is 23.0 Å². The molecule has 0 amide bonds. The van der Waals surface area contributed by atoms with Crippen LogP contribution in [0.2, 0.25) is 0 Å². The van der Waals surface area contributed by atoms with Gasteiger partial charge in [0, 0.05) is 39.5 Å².